The Morgan fingerprint density at radius 1 is 1.24 bits per heavy atom. The molecule has 2 aromatic rings. The number of carbonyl (C=O) groups is 1. The first kappa shape index (κ1) is 15.8. The third kappa shape index (κ3) is 3.73. The third-order valence-corrected chi connectivity index (χ3v) is 3.98. The molecule has 0 spiro atoms. The van der Waals surface area contributed by atoms with Crippen LogP contribution in [0.3, 0.4) is 0 Å². The minimum Gasteiger partial charge on any atom is -0.352 e. The van der Waals surface area contributed by atoms with E-state index < -0.39 is 0 Å². The summed E-state index contributed by atoms with van der Waals surface area (Å²) >= 11 is 5.75. The maximum absolute atomic E-state index is 13.8. The normalized spacial score (nSPS) is 12.3. The van der Waals surface area contributed by atoms with E-state index in [1.807, 2.05) is 0 Å². The molecule has 0 aliphatic heterocycles. The lowest BCUT2D eigenvalue weighted by atomic mass is 10.0. The molecule has 1 N–H and O–H groups in total. The van der Waals surface area contributed by atoms with Gasteiger partial charge in [0.05, 0.1) is 0 Å². The van der Waals surface area contributed by atoms with Crippen LogP contribution in [0.5, 0.6) is 0 Å². The standard InChI is InChI=1S/C17H19ClFNO/c1-2-12(9-10-18)11-20-17(21)15-7-8-16(19)14-6-4-3-5-13(14)15/h3-8,12H,2,9-11H2,1H3,(H,20,21). The molecule has 0 radical (unpaired) electrons. The zero-order valence-electron chi connectivity index (χ0n) is 12.0. The number of carbonyl (C=O) groups excluding carboxylic acids is 1. The molecule has 1 amide bonds. The molecular formula is C17H19ClFNO. The van der Waals surface area contributed by atoms with Crippen LogP contribution >= 0.6 is 11.6 Å². The molecule has 4 heteroatoms. The summed E-state index contributed by atoms with van der Waals surface area (Å²) in [6, 6.07) is 9.90. The SMILES string of the molecule is CCC(CCCl)CNC(=O)c1ccc(F)c2ccccc12. The molecule has 0 saturated heterocycles. The van der Waals surface area contributed by atoms with Crippen molar-refractivity contribution in [3.8, 4) is 0 Å². The van der Waals surface area contributed by atoms with E-state index >= 15 is 0 Å². The van der Waals surface area contributed by atoms with Gasteiger partial charge in [-0.15, -0.1) is 11.6 Å². The van der Waals surface area contributed by atoms with Crippen LogP contribution in [0.2, 0.25) is 0 Å². The van der Waals surface area contributed by atoms with Crippen LogP contribution < -0.4 is 5.32 Å². The smallest absolute Gasteiger partial charge is 0.251 e. The minimum absolute atomic E-state index is 0.167. The first-order valence-electron chi connectivity index (χ1n) is 7.18. The van der Waals surface area contributed by atoms with E-state index in [-0.39, 0.29) is 11.7 Å². The molecule has 21 heavy (non-hydrogen) atoms. The van der Waals surface area contributed by atoms with Crippen molar-refractivity contribution in [1.82, 2.24) is 5.32 Å². The van der Waals surface area contributed by atoms with Gasteiger partial charge >= 0.3 is 0 Å². The van der Waals surface area contributed by atoms with Gasteiger partial charge in [-0.05, 0) is 29.9 Å². The fourth-order valence-electron chi connectivity index (χ4n) is 2.40. The molecule has 0 aliphatic carbocycles. The van der Waals surface area contributed by atoms with Crippen molar-refractivity contribution >= 4 is 28.3 Å². The molecule has 1 atom stereocenters. The number of rotatable bonds is 6. The molecule has 2 rings (SSSR count). The lowest BCUT2D eigenvalue weighted by molar-refractivity contribution is 0.0948. The summed E-state index contributed by atoms with van der Waals surface area (Å²) in [6.45, 7) is 2.67. The second kappa shape index (κ2) is 7.41. The minimum atomic E-state index is -0.310. The van der Waals surface area contributed by atoms with Gasteiger partial charge in [-0.1, -0.05) is 37.6 Å². The Bertz CT molecular complexity index is 629. The van der Waals surface area contributed by atoms with Crippen molar-refractivity contribution in [2.75, 3.05) is 12.4 Å². The summed E-state index contributed by atoms with van der Waals surface area (Å²) in [6.07, 6.45) is 1.85. The number of hydrogen-bond acceptors (Lipinski definition) is 1. The lowest BCUT2D eigenvalue weighted by Crippen LogP contribution is -2.29. The zero-order chi connectivity index (χ0) is 15.2. The third-order valence-electron chi connectivity index (χ3n) is 3.76. The first-order valence-corrected chi connectivity index (χ1v) is 7.72. The topological polar surface area (TPSA) is 29.1 Å². The van der Waals surface area contributed by atoms with Crippen molar-refractivity contribution in [3.05, 3.63) is 47.8 Å². The van der Waals surface area contributed by atoms with Gasteiger partial charge in [-0.2, -0.15) is 0 Å². The molecule has 0 bridgehead atoms. The fourth-order valence-corrected chi connectivity index (χ4v) is 2.71. The Hall–Kier alpha value is -1.61. The van der Waals surface area contributed by atoms with E-state index in [9.17, 15) is 9.18 Å². The van der Waals surface area contributed by atoms with Crippen LogP contribution in [0.1, 0.15) is 30.1 Å². The number of hydrogen-bond donors (Lipinski definition) is 1. The second-order valence-corrected chi connectivity index (χ2v) is 5.48. The van der Waals surface area contributed by atoms with Crippen molar-refractivity contribution in [2.24, 2.45) is 5.92 Å². The Morgan fingerprint density at radius 2 is 1.95 bits per heavy atom. The first-order chi connectivity index (χ1) is 10.2. The Labute approximate surface area is 129 Å². The van der Waals surface area contributed by atoms with E-state index in [1.165, 1.54) is 12.1 Å². The van der Waals surface area contributed by atoms with Gasteiger partial charge in [0.25, 0.3) is 5.91 Å². The Morgan fingerprint density at radius 3 is 2.62 bits per heavy atom. The van der Waals surface area contributed by atoms with E-state index in [0.29, 0.717) is 34.7 Å². The number of nitrogens with one attached hydrogen (secondary N) is 1. The van der Waals surface area contributed by atoms with Crippen LogP contribution in [0.25, 0.3) is 10.8 Å². The van der Waals surface area contributed by atoms with Crippen LogP contribution in [0, 0.1) is 11.7 Å². The average molecular weight is 308 g/mol. The lowest BCUT2D eigenvalue weighted by Gasteiger charge is -2.15. The molecule has 2 aromatic carbocycles. The van der Waals surface area contributed by atoms with E-state index in [4.69, 9.17) is 11.6 Å². The molecule has 0 heterocycles. The highest BCUT2D eigenvalue weighted by molar-refractivity contribution is 6.17. The molecule has 2 nitrogen and oxygen atoms in total. The van der Waals surface area contributed by atoms with Crippen LogP contribution in [-0.2, 0) is 0 Å². The molecule has 0 aromatic heterocycles. The van der Waals surface area contributed by atoms with Gasteiger partial charge in [-0.25, -0.2) is 4.39 Å². The zero-order valence-corrected chi connectivity index (χ0v) is 12.8. The predicted molar refractivity (Wildman–Crippen MR) is 85.4 cm³/mol. The van der Waals surface area contributed by atoms with Crippen LogP contribution in [0.15, 0.2) is 36.4 Å². The number of alkyl halides is 1. The number of halogens is 2. The van der Waals surface area contributed by atoms with Gasteiger partial charge < -0.3 is 5.32 Å². The molecular weight excluding hydrogens is 289 g/mol. The van der Waals surface area contributed by atoms with E-state index in [1.54, 1.807) is 24.3 Å². The van der Waals surface area contributed by atoms with Gasteiger partial charge in [0.15, 0.2) is 0 Å². The second-order valence-electron chi connectivity index (χ2n) is 5.10. The fraction of sp³-hybridized carbons (Fsp3) is 0.353. The molecule has 1 unspecified atom stereocenters. The maximum Gasteiger partial charge on any atom is 0.251 e. The number of amides is 1. The van der Waals surface area contributed by atoms with Crippen molar-refractivity contribution < 1.29 is 9.18 Å². The number of benzene rings is 2. The number of fused-ring (bicyclic) bond motifs is 1. The van der Waals surface area contributed by atoms with E-state index in [0.717, 1.165) is 12.8 Å². The molecule has 0 saturated carbocycles. The summed E-state index contributed by atoms with van der Waals surface area (Å²) in [5.41, 5.74) is 0.507. The summed E-state index contributed by atoms with van der Waals surface area (Å²) in [5.74, 6) is 0.488. The monoisotopic (exact) mass is 307 g/mol. The molecule has 112 valence electrons. The van der Waals surface area contributed by atoms with Crippen molar-refractivity contribution in [1.29, 1.82) is 0 Å². The summed E-state index contributed by atoms with van der Waals surface area (Å²) in [7, 11) is 0. The largest absolute Gasteiger partial charge is 0.352 e. The van der Waals surface area contributed by atoms with Crippen LogP contribution in [0.4, 0.5) is 4.39 Å². The summed E-state index contributed by atoms with van der Waals surface area (Å²) < 4.78 is 13.8. The highest BCUT2D eigenvalue weighted by Crippen LogP contribution is 2.21. The summed E-state index contributed by atoms with van der Waals surface area (Å²) in [4.78, 5) is 12.3. The van der Waals surface area contributed by atoms with Crippen LogP contribution in [-0.4, -0.2) is 18.3 Å². The Balaban J connectivity index is 2.18. The average Bonchev–Trinajstić information content (AvgIpc) is 2.51. The maximum atomic E-state index is 13.8. The van der Waals surface area contributed by atoms with Gasteiger partial charge in [-0.3, -0.25) is 4.79 Å². The Kier molecular flexibility index (Phi) is 5.57. The van der Waals surface area contributed by atoms with Crippen molar-refractivity contribution in [3.63, 3.8) is 0 Å². The quantitative estimate of drug-likeness (QED) is 0.789. The van der Waals surface area contributed by atoms with Gasteiger partial charge in [0.1, 0.15) is 5.82 Å². The van der Waals surface area contributed by atoms with E-state index in [2.05, 4.69) is 12.2 Å². The highest BCUT2D eigenvalue weighted by atomic mass is 35.5. The van der Waals surface area contributed by atoms with Crippen molar-refractivity contribution in [2.45, 2.75) is 19.8 Å². The van der Waals surface area contributed by atoms with Gasteiger partial charge in [0.2, 0.25) is 0 Å². The molecule has 0 aliphatic rings. The summed E-state index contributed by atoms with van der Waals surface area (Å²) in [5, 5.41) is 4.04. The highest BCUT2D eigenvalue weighted by Gasteiger charge is 2.13. The van der Waals surface area contributed by atoms with Gasteiger partial charge in [0, 0.05) is 23.4 Å². The predicted octanol–water partition coefficient (Wildman–Crippen LogP) is 4.36. The molecule has 0 fully saturated rings.